The van der Waals surface area contributed by atoms with Crippen LogP contribution in [0, 0.1) is 0 Å². The van der Waals surface area contributed by atoms with Crippen molar-refractivity contribution in [1.29, 1.82) is 0 Å². The molecule has 0 bridgehead atoms. The summed E-state index contributed by atoms with van der Waals surface area (Å²) >= 11 is 1.49. The lowest BCUT2D eigenvalue weighted by molar-refractivity contribution is -0.128. The van der Waals surface area contributed by atoms with E-state index < -0.39 is 0 Å². The second kappa shape index (κ2) is 7.26. The van der Waals surface area contributed by atoms with Crippen LogP contribution in [0.3, 0.4) is 0 Å². The molecule has 1 aliphatic heterocycles. The highest BCUT2D eigenvalue weighted by atomic mass is 32.2. The molecule has 2 heterocycles. The monoisotopic (exact) mass is 315 g/mol. The molecule has 0 unspecified atom stereocenters. The van der Waals surface area contributed by atoms with Crippen molar-refractivity contribution in [3.63, 3.8) is 0 Å². The average Bonchev–Trinajstić information content (AvgIpc) is 3.15. The van der Waals surface area contributed by atoms with E-state index in [0.717, 1.165) is 18.7 Å². The van der Waals surface area contributed by atoms with Crippen LogP contribution in [0.4, 0.5) is 0 Å². The van der Waals surface area contributed by atoms with Crippen molar-refractivity contribution in [3.05, 3.63) is 47.9 Å². The molecule has 1 saturated heterocycles. The number of amides is 1. The molecule has 0 aliphatic carbocycles. The number of carbonyl (C=O) groups is 1. The Morgan fingerprint density at radius 1 is 1.27 bits per heavy atom. The van der Waals surface area contributed by atoms with Gasteiger partial charge in [-0.15, -0.1) is 10.2 Å². The third-order valence-electron chi connectivity index (χ3n) is 3.36. The number of rotatable bonds is 6. The number of hydrogen-bond acceptors (Lipinski definition) is 5. The van der Waals surface area contributed by atoms with Gasteiger partial charge in [0.1, 0.15) is 0 Å². The summed E-state index contributed by atoms with van der Waals surface area (Å²) in [7, 11) is 0. The number of benzene rings is 1. The van der Waals surface area contributed by atoms with Crippen LogP contribution in [0.1, 0.15) is 24.3 Å². The largest absolute Gasteiger partial charge is 0.414 e. The smallest absolute Gasteiger partial charge is 0.276 e. The van der Waals surface area contributed by atoms with E-state index in [9.17, 15) is 4.79 Å². The van der Waals surface area contributed by atoms with Crippen molar-refractivity contribution in [2.24, 2.45) is 0 Å². The maximum atomic E-state index is 11.6. The highest BCUT2D eigenvalue weighted by Crippen LogP contribution is 2.19. The zero-order valence-electron chi connectivity index (χ0n) is 12.1. The van der Waals surface area contributed by atoms with E-state index in [1.807, 2.05) is 18.2 Å². The summed E-state index contributed by atoms with van der Waals surface area (Å²) in [6, 6.07) is 10.1. The van der Waals surface area contributed by atoms with E-state index in [-0.39, 0.29) is 5.91 Å². The molecule has 1 aromatic carbocycles. The molecule has 114 valence electrons. The Morgan fingerprint density at radius 2 is 2.14 bits per heavy atom. The van der Waals surface area contributed by atoms with Crippen molar-refractivity contribution >= 4 is 23.7 Å². The summed E-state index contributed by atoms with van der Waals surface area (Å²) < 4.78 is 5.56. The van der Waals surface area contributed by atoms with E-state index in [2.05, 4.69) is 34.5 Å². The highest BCUT2D eigenvalue weighted by Gasteiger charge is 2.22. The molecule has 0 spiro atoms. The van der Waals surface area contributed by atoms with Gasteiger partial charge in [0.2, 0.25) is 11.8 Å². The molecule has 1 aliphatic rings. The van der Waals surface area contributed by atoms with Crippen molar-refractivity contribution in [3.8, 4) is 0 Å². The summed E-state index contributed by atoms with van der Waals surface area (Å²) in [5.74, 6) is 1.43. The molecule has 0 saturated carbocycles. The van der Waals surface area contributed by atoms with Gasteiger partial charge in [-0.05, 0) is 12.0 Å². The number of thioether (sulfide) groups is 1. The minimum absolute atomic E-state index is 0.165. The van der Waals surface area contributed by atoms with Gasteiger partial charge in [-0.3, -0.25) is 4.79 Å². The Hall–Kier alpha value is -2.08. The van der Waals surface area contributed by atoms with Crippen molar-refractivity contribution in [2.75, 3.05) is 12.3 Å². The molecule has 0 N–H and O–H groups in total. The van der Waals surface area contributed by atoms with Gasteiger partial charge in [0.15, 0.2) is 0 Å². The first-order valence-electron chi connectivity index (χ1n) is 7.26. The molecular weight excluding hydrogens is 298 g/mol. The third-order valence-corrected chi connectivity index (χ3v) is 4.13. The molecule has 1 fully saturated rings. The van der Waals surface area contributed by atoms with Gasteiger partial charge in [-0.2, -0.15) is 0 Å². The Labute approximate surface area is 133 Å². The van der Waals surface area contributed by atoms with E-state index in [1.165, 1.54) is 17.3 Å². The lowest BCUT2D eigenvalue weighted by Crippen LogP contribution is -2.23. The number of nitrogens with zero attached hydrogens (tertiary/aromatic N) is 3. The molecule has 3 rings (SSSR count). The number of carbonyl (C=O) groups excluding carboxylic acids is 1. The molecule has 22 heavy (non-hydrogen) atoms. The maximum Gasteiger partial charge on any atom is 0.276 e. The molecule has 0 atom stereocenters. The van der Waals surface area contributed by atoms with Crippen LogP contribution in [-0.4, -0.2) is 33.3 Å². The average molecular weight is 315 g/mol. The number of likely N-dealkylation sites (tertiary alicyclic amines) is 1. The lowest BCUT2D eigenvalue weighted by atomic mass is 10.2. The summed E-state index contributed by atoms with van der Waals surface area (Å²) in [4.78, 5) is 13.3. The van der Waals surface area contributed by atoms with Gasteiger partial charge in [0.05, 0.1) is 6.54 Å². The predicted octanol–water partition coefficient (Wildman–Crippen LogP) is 3.00. The number of aromatic nitrogens is 2. The minimum Gasteiger partial charge on any atom is -0.414 e. The molecule has 0 radical (unpaired) electrons. The fourth-order valence-electron chi connectivity index (χ4n) is 2.26. The van der Waals surface area contributed by atoms with Gasteiger partial charge in [-0.1, -0.05) is 54.2 Å². The molecule has 1 aromatic heterocycles. The summed E-state index contributed by atoms with van der Waals surface area (Å²) in [6.45, 7) is 1.20. The van der Waals surface area contributed by atoms with Crippen LogP contribution in [0.25, 0.3) is 6.08 Å². The Bertz CT molecular complexity index is 654. The zero-order chi connectivity index (χ0) is 15.2. The van der Waals surface area contributed by atoms with Crippen LogP contribution in [0.2, 0.25) is 0 Å². The standard InChI is InChI=1S/C16H17N3O2S/c20-15-9-4-10-19(15)12-14-17-18-16(21-14)22-11-5-8-13-6-2-1-3-7-13/h1-3,5-8H,4,9-12H2. The Morgan fingerprint density at radius 3 is 2.91 bits per heavy atom. The van der Waals surface area contributed by atoms with Crippen LogP contribution in [0.5, 0.6) is 0 Å². The van der Waals surface area contributed by atoms with E-state index in [4.69, 9.17) is 4.42 Å². The van der Waals surface area contributed by atoms with Crippen LogP contribution in [-0.2, 0) is 11.3 Å². The quantitative estimate of drug-likeness (QED) is 0.767. The third kappa shape index (κ3) is 3.98. The van der Waals surface area contributed by atoms with Crippen LogP contribution < -0.4 is 0 Å². The van der Waals surface area contributed by atoms with Gasteiger partial charge in [-0.25, -0.2) is 0 Å². The Kier molecular flexibility index (Phi) is 4.90. The molecule has 2 aromatic rings. The van der Waals surface area contributed by atoms with Gasteiger partial charge >= 0.3 is 0 Å². The van der Waals surface area contributed by atoms with E-state index in [1.54, 1.807) is 4.90 Å². The topological polar surface area (TPSA) is 59.2 Å². The first-order valence-corrected chi connectivity index (χ1v) is 8.24. The van der Waals surface area contributed by atoms with Crippen molar-refractivity contribution < 1.29 is 9.21 Å². The second-order valence-electron chi connectivity index (χ2n) is 5.00. The van der Waals surface area contributed by atoms with Gasteiger partial charge < -0.3 is 9.32 Å². The fraction of sp³-hybridized carbons (Fsp3) is 0.312. The van der Waals surface area contributed by atoms with Crippen molar-refractivity contribution in [2.45, 2.75) is 24.6 Å². The zero-order valence-corrected chi connectivity index (χ0v) is 13.0. The van der Waals surface area contributed by atoms with Gasteiger partial charge in [0.25, 0.3) is 5.22 Å². The summed E-state index contributed by atoms with van der Waals surface area (Å²) in [5, 5.41) is 8.54. The molecule has 5 nitrogen and oxygen atoms in total. The van der Waals surface area contributed by atoms with E-state index in [0.29, 0.717) is 24.1 Å². The minimum atomic E-state index is 0.165. The van der Waals surface area contributed by atoms with Gasteiger partial charge in [0, 0.05) is 18.7 Å². The number of hydrogen-bond donors (Lipinski definition) is 0. The highest BCUT2D eigenvalue weighted by molar-refractivity contribution is 7.99. The van der Waals surface area contributed by atoms with Crippen LogP contribution >= 0.6 is 11.8 Å². The summed E-state index contributed by atoms with van der Waals surface area (Å²) in [6.07, 6.45) is 5.67. The fourth-order valence-corrected chi connectivity index (χ4v) is 2.85. The molecular formula is C16H17N3O2S. The first-order chi connectivity index (χ1) is 10.8. The first kappa shape index (κ1) is 14.8. The van der Waals surface area contributed by atoms with E-state index >= 15 is 0 Å². The molecule has 1 amide bonds. The summed E-state index contributed by atoms with van der Waals surface area (Å²) in [5.41, 5.74) is 1.17. The predicted molar refractivity (Wildman–Crippen MR) is 85.1 cm³/mol. The molecule has 6 heteroatoms. The SMILES string of the molecule is O=C1CCCN1Cc1nnc(SCC=Cc2ccccc2)o1. The van der Waals surface area contributed by atoms with Crippen LogP contribution in [0.15, 0.2) is 46.0 Å². The normalized spacial score (nSPS) is 15.1. The second-order valence-corrected chi connectivity index (χ2v) is 5.98. The Balaban J connectivity index is 1.47. The van der Waals surface area contributed by atoms with Crippen molar-refractivity contribution in [1.82, 2.24) is 15.1 Å². The lowest BCUT2D eigenvalue weighted by Gasteiger charge is -2.11. The maximum absolute atomic E-state index is 11.6.